The fourth-order valence-electron chi connectivity index (χ4n) is 4.95. The van der Waals surface area contributed by atoms with Gasteiger partial charge in [0.05, 0.1) is 12.8 Å². The molecule has 0 spiro atoms. The summed E-state index contributed by atoms with van der Waals surface area (Å²) < 4.78 is 7.69. The van der Waals surface area contributed by atoms with Gasteiger partial charge in [-0.25, -0.2) is 4.98 Å². The first kappa shape index (κ1) is 20.6. The highest BCUT2D eigenvalue weighted by Crippen LogP contribution is 2.30. The van der Waals surface area contributed by atoms with Crippen LogP contribution in [0.4, 0.5) is 5.69 Å². The Labute approximate surface area is 189 Å². The second kappa shape index (κ2) is 8.69. The van der Waals surface area contributed by atoms with Gasteiger partial charge < -0.3 is 19.1 Å². The lowest BCUT2D eigenvalue weighted by Gasteiger charge is -2.36. The van der Waals surface area contributed by atoms with Gasteiger partial charge in [-0.05, 0) is 31.0 Å². The Morgan fingerprint density at radius 3 is 2.66 bits per heavy atom. The summed E-state index contributed by atoms with van der Waals surface area (Å²) >= 11 is 0. The van der Waals surface area contributed by atoms with Gasteiger partial charge in [-0.3, -0.25) is 4.79 Å². The fourth-order valence-corrected chi connectivity index (χ4v) is 4.95. The molecule has 1 amide bonds. The lowest BCUT2D eigenvalue weighted by Crippen LogP contribution is -2.49. The predicted molar refractivity (Wildman–Crippen MR) is 126 cm³/mol. The molecular formula is C26H30N4O2. The summed E-state index contributed by atoms with van der Waals surface area (Å²) in [7, 11) is 1.70. The smallest absolute Gasteiger partial charge is 0.274 e. The summed E-state index contributed by atoms with van der Waals surface area (Å²) in [6.07, 6.45) is 3.95. The number of rotatable bonds is 4. The molecule has 1 atom stereocenters. The van der Waals surface area contributed by atoms with Crippen LogP contribution in [0.1, 0.15) is 39.8 Å². The first-order chi connectivity index (χ1) is 15.6. The van der Waals surface area contributed by atoms with Gasteiger partial charge in [0.1, 0.15) is 17.3 Å². The van der Waals surface area contributed by atoms with Gasteiger partial charge >= 0.3 is 0 Å². The fraction of sp³-hybridized carbons (Fsp3) is 0.385. The Bertz CT molecular complexity index is 1110. The number of carbonyl (C=O) groups is 1. The number of ether oxygens (including phenoxy) is 1. The molecule has 2 aliphatic heterocycles. The third kappa shape index (κ3) is 3.97. The highest BCUT2D eigenvalue weighted by Gasteiger charge is 2.28. The van der Waals surface area contributed by atoms with E-state index >= 15 is 0 Å². The average Bonchev–Trinajstić information content (AvgIpc) is 3.27. The van der Waals surface area contributed by atoms with Crippen LogP contribution in [0.3, 0.4) is 0 Å². The van der Waals surface area contributed by atoms with Crippen LogP contribution >= 0.6 is 0 Å². The van der Waals surface area contributed by atoms with Crippen LogP contribution in [0.15, 0.2) is 54.7 Å². The second-order valence-electron chi connectivity index (χ2n) is 8.80. The van der Waals surface area contributed by atoms with Crippen molar-refractivity contribution < 1.29 is 9.53 Å². The highest BCUT2D eigenvalue weighted by molar-refractivity contribution is 5.92. The molecule has 6 nitrogen and oxygen atoms in total. The lowest BCUT2D eigenvalue weighted by atomic mass is 9.91. The van der Waals surface area contributed by atoms with Gasteiger partial charge in [-0.2, -0.15) is 0 Å². The lowest BCUT2D eigenvalue weighted by molar-refractivity contribution is 0.0741. The minimum atomic E-state index is 0.0404. The van der Waals surface area contributed by atoms with Crippen molar-refractivity contribution in [2.45, 2.75) is 32.2 Å². The Balaban J connectivity index is 1.25. The van der Waals surface area contributed by atoms with Gasteiger partial charge in [0, 0.05) is 51.3 Å². The molecule has 6 heteroatoms. The van der Waals surface area contributed by atoms with Crippen LogP contribution in [0, 0.1) is 6.92 Å². The van der Waals surface area contributed by atoms with Gasteiger partial charge in [0.25, 0.3) is 5.91 Å². The SMILES string of the molecule is COc1ccccc1N1CCN(C(=O)c2cn3c(n2)CCC(c2cccc(C)c2)C3)CC1. The largest absolute Gasteiger partial charge is 0.495 e. The number of aryl methyl sites for hydroxylation is 2. The first-order valence-corrected chi connectivity index (χ1v) is 11.4. The van der Waals surface area contributed by atoms with Crippen molar-refractivity contribution in [3.63, 3.8) is 0 Å². The van der Waals surface area contributed by atoms with Gasteiger partial charge in [0.2, 0.25) is 0 Å². The molecule has 2 aliphatic rings. The number of nitrogens with zero attached hydrogens (tertiary/aromatic N) is 4. The van der Waals surface area contributed by atoms with E-state index in [9.17, 15) is 4.79 Å². The number of hydrogen-bond acceptors (Lipinski definition) is 4. The van der Waals surface area contributed by atoms with E-state index < -0.39 is 0 Å². The average molecular weight is 431 g/mol. The molecule has 1 unspecified atom stereocenters. The summed E-state index contributed by atoms with van der Waals surface area (Å²) in [5.74, 6) is 2.42. The van der Waals surface area contributed by atoms with Crippen molar-refractivity contribution in [3.8, 4) is 5.75 Å². The van der Waals surface area contributed by atoms with Crippen LogP contribution < -0.4 is 9.64 Å². The molecule has 0 bridgehead atoms. The summed E-state index contributed by atoms with van der Waals surface area (Å²) in [6.45, 7) is 5.97. The van der Waals surface area contributed by atoms with Crippen LogP contribution in [0.25, 0.3) is 0 Å². The molecule has 5 rings (SSSR count). The number of fused-ring (bicyclic) bond motifs is 1. The Kier molecular flexibility index (Phi) is 5.60. The molecule has 0 saturated carbocycles. The molecule has 3 aromatic rings. The zero-order valence-electron chi connectivity index (χ0n) is 18.8. The zero-order valence-corrected chi connectivity index (χ0v) is 18.8. The number of para-hydroxylation sites is 2. The van der Waals surface area contributed by atoms with Gasteiger partial charge in [0.15, 0.2) is 0 Å². The molecule has 0 aliphatic carbocycles. The molecule has 0 N–H and O–H groups in total. The number of piperazine rings is 1. The van der Waals surface area contributed by atoms with Crippen molar-refractivity contribution in [2.24, 2.45) is 0 Å². The minimum absolute atomic E-state index is 0.0404. The maximum absolute atomic E-state index is 13.2. The molecule has 1 saturated heterocycles. The zero-order chi connectivity index (χ0) is 22.1. The van der Waals surface area contributed by atoms with E-state index in [-0.39, 0.29) is 5.91 Å². The predicted octanol–water partition coefficient (Wildman–Crippen LogP) is 3.89. The summed E-state index contributed by atoms with van der Waals surface area (Å²) in [5, 5.41) is 0. The van der Waals surface area contributed by atoms with E-state index in [2.05, 4.69) is 46.7 Å². The van der Waals surface area contributed by atoms with Crippen molar-refractivity contribution in [1.82, 2.24) is 14.5 Å². The van der Waals surface area contributed by atoms with Crippen molar-refractivity contribution in [1.29, 1.82) is 0 Å². The maximum atomic E-state index is 13.2. The topological polar surface area (TPSA) is 50.6 Å². The molecule has 1 fully saturated rings. The summed E-state index contributed by atoms with van der Waals surface area (Å²) in [6, 6.07) is 16.8. The molecule has 1 aromatic heterocycles. The van der Waals surface area contributed by atoms with Crippen LogP contribution in [0.5, 0.6) is 5.75 Å². The highest BCUT2D eigenvalue weighted by atomic mass is 16.5. The standard InChI is InChI=1S/C26H30N4O2/c1-19-6-5-7-20(16-19)21-10-11-25-27-22(18-30(25)17-21)26(31)29-14-12-28(13-15-29)23-8-3-4-9-24(23)32-2/h3-9,16,18,21H,10-15,17H2,1-2H3. The van der Waals surface area contributed by atoms with Gasteiger partial charge in [-0.15, -0.1) is 0 Å². The third-order valence-corrected chi connectivity index (χ3v) is 6.72. The monoisotopic (exact) mass is 430 g/mol. The third-order valence-electron chi connectivity index (χ3n) is 6.72. The van der Waals surface area contributed by atoms with E-state index in [1.165, 1.54) is 11.1 Å². The number of benzene rings is 2. The van der Waals surface area contributed by atoms with Crippen LogP contribution in [0.2, 0.25) is 0 Å². The molecular weight excluding hydrogens is 400 g/mol. The number of methoxy groups -OCH3 is 1. The maximum Gasteiger partial charge on any atom is 0.274 e. The van der Waals surface area contributed by atoms with E-state index in [0.29, 0.717) is 24.7 Å². The van der Waals surface area contributed by atoms with Crippen LogP contribution in [-0.2, 0) is 13.0 Å². The summed E-state index contributed by atoms with van der Waals surface area (Å²) in [4.78, 5) is 22.1. The first-order valence-electron chi connectivity index (χ1n) is 11.4. The number of carbonyl (C=O) groups excluding carboxylic acids is 1. The number of imidazole rings is 1. The number of amides is 1. The Hall–Kier alpha value is -3.28. The molecule has 2 aromatic carbocycles. The number of aromatic nitrogens is 2. The molecule has 3 heterocycles. The normalized spacial score (nSPS) is 18.4. The Morgan fingerprint density at radius 1 is 1.06 bits per heavy atom. The minimum Gasteiger partial charge on any atom is -0.495 e. The quantitative estimate of drug-likeness (QED) is 0.630. The van der Waals surface area contributed by atoms with E-state index in [4.69, 9.17) is 9.72 Å². The molecule has 32 heavy (non-hydrogen) atoms. The van der Waals surface area contributed by atoms with E-state index in [1.54, 1.807) is 7.11 Å². The van der Waals surface area contributed by atoms with Crippen molar-refractivity contribution in [3.05, 3.63) is 77.4 Å². The number of anilines is 1. The summed E-state index contributed by atoms with van der Waals surface area (Å²) in [5.41, 5.74) is 4.34. The molecule has 166 valence electrons. The van der Waals surface area contributed by atoms with Crippen LogP contribution in [-0.4, -0.2) is 53.6 Å². The van der Waals surface area contributed by atoms with E-state index in [1.807, 2.05) is 29.3 Å². The second-order valence-corrected chi connectivity index (χ2v) is 8.80. The molecule has 0 radical (unpaired) electrons. The Morgan fingerprint density at radius 2 is 1.88 bits per heavy atom. The number of hydrogen-bond donors (Lipinski definition) is 0. The van der Waals surface area contributed by atoms with E-state index in [0.717, 1.165) is 49.7 Å². The van der Waals surface area contributed by atoms with Gasteiger partial charge in [-0.1, -0.05) is 42.0 Å². The van der Waals surface area contributed by atoms with Crippen molar-refractivity contribution in [2.75, 3.05) is 38.2 Å². The van der Waals surface area contributed by atoms with Crippen molar-refractivity contribution >= 4 is 11.6 Å².